The Labute approximate surface area is 136 Å². The molecule has 0 radical (unpaired) electrons. The van der Waals surface area contributed by atoms with Crippen molar-refractivity contribution in [1.82, 2.24) is 21.5 Å². The molecule has 4 atom stereocenters. The summed E-state index contributed by atoms with van der Waals surface area (Å²) < 4.78 is 0. The van der Waals surface area contributed by atoms with Crippen LogP contribution < -0.4 is 21.5 Å². The monoisotopic (exact) mass is 322 g/mol. The minimum Gasteiger partial charge on any atom is -0.351 e. The van der Waals surface area contributed by atoms with Gasteiger partial charge in [0, 0.05) is 23.7 Å². The summed E-state index contributed by atoms with van der Waals surface area (Å²) >= 11 is 6.28. The van der Waals surface area contributed by atoms with Crippen molar-refractivity contribution < 1.29 is 4.79 Å². The third-order valence-corrected chi connectivity index (χ3v) is 4.99. The van der Waals surface area contributed by atoms with Crippen LogP contribution in [0, 0.1) is 5.92 Å². The zero-order valence-electron chi connectivity index (χ0n) is 12.7. The Morgan fingerprint density at radius 1 is 1.36 bits per heavy atom. The van der Waals surface area contributed by atoms with Gasteiger partial charge in [0.1, 0.15) is 0 Å². The number of halogens is 1. The molecule has 1 amide bonds. The normalized spacial score (nSPS) is 31.9. The second-order valence-corrected chi connectivity index (χ2v) is 6.54. The van der Waals surface area contributed by atoms with Crippen LogP contribution in [-0.2, 0) is 4.79 Å². The highest BCUT2D eigenvalue weighted by molar-refractivity contribution is 6.31. The molecule has 0 aromatic heterocycles. The lowest BCUT2D eigenvalue weighted by molar-refractivity contribution is -0.126. The van der Waals surface area contributed by atoms with E-state index in [1.54, 1.807) is 0 Å². The number of rotatable bonds is 3. The van der Waals surface area contributed by atoms with Crippen LogP contribution in [0.25, 0.3) is 0 Å². The predicted molar refractivity (Wildman–Crippen MR) is 87.5 cm³/mol. The summed E-state index contributed by atoms with van der Waals surface area (Å²) in [5, 5.41) is 7.31. The summed E-state index contributed by atoms with van der Waals surface area (Å²) in [5.74, 6) is -0.0722. The molecule has 4 unspecified atom stereocenters. The second-order valence-electron chi connectivity index (χ2n) is 6.13. The minimum absolute atomic E-state index is 0.0861. The molecule has 5 nitrogen and oxygen atoms in total. The van der Waals surface area contributed by atoms with E-state index in [1.807, 2.05) is 24.3 Å². The van der Waals surface area contributed by atoms with Gasteiger partial charge < -0.3 is 10.6 Å². The van der Waals surface area contributed by atoms with Crippen molar-refractivity contribution in [2.24, 2.45) is 5.92 Å². The van der Waals surface area contributed by atoms with Gasteiger partial charge in [-0.1, -0.05) is 29.8 Å². The van der Waals surface area contributed by atoms with Crippen LogP contribution in [0.3, 0.4) is 0 Å². The maximum absolute atomic E-state index is 12.7. The van der Waals surface area contributed by atoms with E-state index in [0.717, 1.165) is 24.9 Å². The first-order valence-electron chi connectivity index (χ1n) is 7.93. The van der Waals surface area contributed by atoms with Gasteiger partial charge in [-0.25, -0.2) is 5.43 Å². The van der Waals surface area contributed by atoms with Gasteiger partial charge >= 0.3 is 0 Å². The van der Waals surface area contributed by atoms with E-state index in [0.29, 0.717) is 17.6 Å². The Morgan fingerprint density at radius 3 is 2.95 bits per heavy atom. The zero-order chi connectivity index (χ0) is 15.5. The van der Waals surface area contributed by atoms with Crippen LogP contribution in [0.15, 0.2) is 24.3 Å². The minimum atomic E-state index is -0.158. The molecule has 2 heterocycles. The summed E-state index contributed by atoms with van der Waals surface area (Å²) in [6, 6.07) is 8.10. The van der Waals surface area contributed by atoms with Gasteiger partial charge in [-0.05, 0) is 37.9 Å². The molecule has 1 aromatic carbocycles. The number of carbonyl (C=O) groups is 1. The third kappa shape index (κ3) is 3.27. The van der Waals surface area contributed by atoms with Crippen LogP contribution in [0.5, 0.6) is 0 Å². The summed E-state index contributed by atoms with van der Waals surface area (Å²) in [4.78, 5) is 12.7. The number of nitrogens with one attached hydrogen (secondary N) is 4. The van der Waals surface area contributed by atoms with Crippen LogP contribution >= 0.6 is 11.6 Å². The summed E-state index contributed by atoms with van der Waals surface area (Å²) in [5.41, 5.74) is 7.24. The molecule has 0 aliphatic carbocycles. The predicted octanol–water partition coefficient (Wildman–Crippen LogP) is 1.36. The van der Waals surface area contributed by atoms with Gasteiger partial charge in [0.2, 0.25) is 5.91 Å². The van der Waals surface area contributed by atoms with Crippen molar-refractivity contribution >= 4 is 17.5 Å². The molecular weight excluding hydrogens is 300 g/mol. The number of amides is 1. The van der Waals surface area contributed by atoms with Crippen molar-refractivity contribution in [2.45, 2.75) is 37.9 Å². The highest BCUT2D eigenvalue weighted by Gasteiger charge is 2.36. The van der Waals surface area contributed by atoms with Gasteiger partial charge in [0.25, 0.3) is 0 Å². The van der Waals surface area contributed by atoms with Crippen molar-refractivity contribution in [1.29, 1.82) is 0 Å². The quantitative estimate of drug-likeness (QED) is 0.678. The topological polar surface area (TPSA) is 65.2 Å². The Morgan fingerprint density at radius 2 is 2.18 bits per heavy atom. The van der Waals surface area contributed by atoms with Crippen LogP contribution in [-0.4, -0.2) is 31.1 Å². The number of piperidine rings is 1. The fourth-order valence-corrected chi connectivity index (χ4v) is 3.55. The lowest BCUT2D eigenvalue weighted by Crippen LogP contribution is -2.53. The van der Waals surface area contributed by atoms with Crippen molar-refractivity contribution in [2.75, 3.05) is 13.1 Å². The Hall–Kier alpha value is -1.14. The van der Waals surface area contributed by atoms with Crippen molar-refractivity contribution in [3.63, 3.8) is 0 Å². The first-order valence-corrected chi connectivity index (χ1v) is 8.31. The average Bonchev–Trinajstić information content (AvgIpc) is 2.99. The third-order valence-electron chi connectivity index (χ3n) is 4.65. The molecule has 4 N–H and O–H groups in total. The summed E-state index contributed by atoms with van der Waals surface area (Å²) in [6.07, 6.45) is 2.13. The second kappa shape index (κ2) is 6.96. The number of benzene rings is 1. The van der Waals surface area contributed by atoms with E-state index in [4.69, 9.17) is 11.6 Å². The summed E-state index contributed by atoms with van der Waals surface area (Å²) in [6.45, 7) is 3.76. The first-order chi connectivity index (χ1) is 10.7. The van der Waals surface area contributed by atoms with Gasteiger partial charge in [0.05, 0.1) is 12.0 Å². The largest absolute Gasteiger partial charge is 0.351 e. The molecule has 2 aliphatic heterocycles. The number of hydrazine groups is 1. The molecule has 2 saturated heterocycles. The standard InChI is InChI=1S/C16H23ClN4O/c1-10-14(7-4-8-18-10)20-16(22)12-9-19-21-15(12)11-5-2-3-6-13(11)17/h2-3,5-6,10,12,14-15,18-19,21H,4,7-9H2,1H3,(H,20,22). The molecule has 0 spiro atoms. The molecule has 2 aliphatic rings. The van der Waals surface area contributed by atoms with Crippen LogP contribution in [0.4, 0.5) is 0 Å². The Kier molecular flexibility index (Phi) is 4.98. The summed E-state index contributed by atoms with van der Waals surface area (Å²) in [7, 11) is 0. The highest BCUT2D eigenvalue weighted by atomic mass is 35.5. The maximum atomic E-state index is 12.7. The van der Waals surface area contributed by atoms with Gasteiger partial charge in [-0.15, -0.1) is 0 Å². The molecule has 2 fully saturated rings. The van der Waals surface area contributed by atoms with E-state index in [9.17, 15) is 4.79 Å². The smallest absolute Gasteiger partial charge is 0.226 e. The number of carbonyl (C=O) groups excluding carboxylic acids is 1. The van der Waals surface area contributed by atoms with E-state index in [1.165, 1.54) is 0 Å². The molecule has 6 heteroatoms. The van der Waals surface area contributed by atoms with E-state index < -0.39 is 0 Å². The number of hydrogen-bond acceptors (Lipinski definition) is 4. The fourth-order valence-electron chi connectivity index (χ4n) is 3.29. The van der Waals surface area contributed by atoms with E-state index >= 15 is 0 Å². The Balaban J connectivity index is 1.70. The van der Waals surface area contributed by atoms with Gasteiger partial charge in [-0.2, -0.15) is 0 Å². The first kappa shape index (κ1) is 15.7. The number of hydrogen-bond donors (Lipinski definition) is 4. The van der Waals surface area contributed by atoms with Crippen molar-refractivity contribution in [3.8, 4) is 0 Å². The highest BCUT2D eigenvalue weighted by Crippen LogP contribution is 2.30. The zero-order valence-corrected chi connectivity index (χ0v) is 13.5. The lowest BCUT2D eigenvalue weighted by Gasteiger charge is -2.32. The van der Waals surface area contributed by atoms with Crippen molar-refractivity contribution in [3.05, 3.63) is 34.9 Å². The fraction of sp³-hybridized carbons (Fsp3) is 0.562. The van der Waals surface area contributed by atoms with E-state index in [2.05, 4.69) is 28.4 Å². The molecule has 0 bridgehead atoms. The SMILES string of the molecule is CC1NCCCC1NC(=O)C1CNNC1c1ccccc1Cl. The van der Waals surface area contributed by atoms with Gasteiger partial charge in [-0.3, -0.25) is 10.2 Å². The average molecular weight is 323 g/mol. The Bertz CT molecular complexity index is 539. The van der Waals surface area contributed by atoms with Crippen LogP contribution in [0.1, 0.15) is 31.4 Å². The molecular formula is C16H23ClN4O. The van der Waals surface area contributed by atoms with E-state index in [-0.39, 0.29) is 23.9 Å². The molecule has 0 saturated carbocycles. The maximum Gasteiger partial charge on any atom is 0.226 e. The lowest BCUT2D eigenvalue weighted by atomic mass is 9.92. The van der Waals surface area contributed by atoms with Gasteiger partial charge in [0.15, 0.2) is 0 Å². The molecule has 120 valence electrons. The molecule has 22 heavy (non-hydrogen) atoms. The van der Waals surface area contributed by atoms with Crippen LogP contribution in [0.2, 0.25) is 5.02 Å². The molecule has 1 aromatic rings. The molecule has 3 rings (SSSR count).